The molecule has 0 aliphatic heterocycles. The van der Waals surface area contributed by atoms with Crippen LogP contribution in [0.15, 0.2) is 42.6 Å². The van der Waals surface area contributed by atoms with E-state index in [0.29, 0.717) is 10.6 Å². The second-order valence-electron chi connectivity index (χ2n) is 3.17. The molecule has 0 fully saturated rings. The van der Waals surface area contributed by atoms with E-state index in [1.54, 1.807) is 24.3 Å². The fraction of sp³-hybridized carbons (Fsp3) is 0. The lowest BCUT2D eigenvalue weighted by atomic mass is 10.1. The molecule has 0 spiro atoms. The van der Waals surface area contributed by atoms with Crippen LogP contribution in [0.2, 0.25) is 5.02 Å². The molecule has 0 atom stereocenters. The number of hydrogen-bond donors (Lipinski definition) is 0. The van der Waals surface area contributed by atoms with E-state index in [4.69, 9.17) is 11.6 Å². The van der Waals surface area contributed by atoms with Crippen molar-refractivity contribution in [1.29, 1.82) is 0 Å². The van der Waals surface area contributed by atoms with Crippen LogP contribution in [0.3, 0.4) is 0 Å². The summed E-state index contributed by atoms with van der Waals surface area (Å²) in [6.45, 7) is 0. The molecule has 2 rings (SSSR count). The predicted octanol–water partition coefficient (Wildman–Crippen LogP) is 3.11. The maximum Gasteiger partial charge on any atom is 0.214 e. The number of benzene rings is 1. The highest BCUT2D eigenvalue weighted by Crippen LogP contribution is 2.14. The van der Waals surface area contributed by atoms with Gasteiger partial charge in [-0.05, 0) is 36.4 Å². The van der Waals surface area contributed by atoms with E-state index in [9.17, 15) is 9.18 Å². The van der Waals surface area contributed by atoms with Gasteiger partial charge < -0.3 is 0 Å². The molecule has 2 aromatic rings. The van der Waals surface area contributed by atoms with Gasteiger partial charge in [0.15, 0.2) is 5.82 Å². The Morgan fingerprint density at radius 2 is 1.88 bits per heavy atom. The second kappa shape index (κ2) is 4.41. The zero-order valence-electron chi connectivity index (χ0n) is 8.15. The number of carbonyl (C=O) groups excluding carboxylic acids is 1. The van der Waals surface area contributed by atoms with Crippen molar-refractivity contribution >= 4 is 17.4 Å². The minimum atomic E-state index is -0.623. The monoisotopic (exact) mass is 235 g/mol. The molecule has 1 heterocycles. The Bertz CT molecular complexity index is 525. The molecule has 0 bridgehead atoms. The zero-order chi connectivity index (χ0) is 11.5. The minimum absolute atomic E-state index is 0.176. The van der Waals surface area contributed by atoms with Crippen LogP contribution in [0, 0.1) is 5.82 Å². The van der Waals surface area contributed by atoms with Crippen molar-refractivity contribution in [3.8, 4) is 0 Å². The lowest BCUT2D eigenvalue weighted by Gasteiger charge is -2.01. The molecule has 2 nitrogen and oxygen atoms in total. The average molecular weight is 236 g/mol. The second-order valence-corrected chi connectivity index (χ2v) is 3.61. The van der Waals surface area contributed by atoms with Gasteiger partial charge in [0, 0.05) is 16.8 Å². The van der Waals surface area contributed by atoms with Gasteiger partial charge in [-0.25, -0.2) is 9.37 Å². The Morgan fingerprint density at radius 3 is 2.50 bits per heavy atom. The van der Waals surface area contributed by atoms with Crippen molar-refractivity contribution in [2.75, 3.05) is 0 Å². The summed E-state index contributed by atoms with van der Waals surface area (Å²) in [5.74, 6) is -1.07. The number of nitrogens with zero attached hydrogens (tertiary/aromatic N) is 1. The highest BCUT2D eigenvalue weighted by molar-refractivity contribution is 6.30. The summed E-state index contributed by atoms with van der Waals surface area (Å²) >= 11 is 5.69. The van der Waals surface area contributed by atoms with Gasteiger partial charge in [-0.15, -0.1) is 0 Å². The molecule has 1 aromatic carbocycles. The quantitative estimate of drug-likeness (QED) is 0.749. The Balaban J connectivity index is 2.40. The summed E-state index contributed by atoms with van der Waals surface area (Å²) in [6, 6.07) is 8.88. The van der Waals surface area contributed by atoms with Crippen molar-refractivity contribution in [3.63, 3.8) is 0 Å². The largest absolute Gasteiger partial charge is 0.287 e. The first-order chi connectivity index (χ1) is 7.68. The Kier molecular flexibility index (Phi) is 2.97. The van der Waals surface area contributed by atoms with Gasteiger partial charge in [0.1, 0.15) is 5.69 Å². The van der Waals surface area contributed by atoms with Crippen molar-refractivity contribution in [2.45, 2.75) is 0 Å². The third-order valence-corrected chi connectivity index (χ3v) is 2.33. The first-order valence-electron chi connectivity index (χ1n) is 4.59. The van der Waals surface area contributed by atoms with Gasteiger partial charge in [-0.2, -0.15) is 0 Å². The SMILES string of the molecule is O=C(c1ccc(Cl)cc1)c1ncccc1F. The van der Waals surface area contributed by atoms with Crippen LogP contribution in [-0.2, 0) is 0 Å². The molecular formula is C12H7ClFNO. The topological polar surface area (TPSA) is 30.0 Å². The minimum Gasteiger partial charge on any atom is -0.287 e. The van der Waals surface area contributed by atoms with Gasteiger partial charge in [0.2, 0.25) is 5.78 Å². The smallest absolute Gasteiger partial charge is 0.214 e. The summed E-state index contributed by atoms with van der Waals surface area (Å²) in [5.41, 5.74) is 0.187. The molecule has 0 saturated carbocycles. The van der Waals surface area contributed by atoms with Crippen LogP contribution >= 0.6 is 11.6 Å². The number of aromatic nitrogens is 1. The summed E-state index contributed by atoms with van der Waals surface area (Å²) in [6.07, 6.45) is 1.38. The van der Waals surface area contributed by atoms with Crippen LogP contribution in [0.4, 0.5) is 4.39 Å². The lowest BCUT2D eigenvalue weighted by Crippen LogP contribution is -2.06. The Hall–Kier alpha value is -1.74. The number of halogens is 2. The summed E-state index contributed by atoms with van der Waals surface area (Å²) in [5, 5.41) is 0.526. The van der Waals surface area contributed by atoms with Gasteiger partial charge in [0.05, 0.1) is 0 Å². The van der Waals surface area contributed by atoms with Crippen molar-refractivity contribution in [2.24, 2.45) is 0 Å². The summed E-state index contributed by atoms with van der Waals surface area (Å²) < 4.78 is 13.3. The van der Waals surface area contributed by atoms with E-state index < -0.39 is 11.6 Å². The highest BCUT2D eigenvalue weighted by atomic mass is 35.5. The Morgan fingerprint density at radius 1 is 1.19 bits per heavy atom. The first-order valence-corrected chi connectivity index (χ1v) is 4.97. The molecule has 0 N–H and O–H groups in total. The van der Waals surface area contributed by atoms with Crippen molar-refractivity contribution < 1.29 is 9.18 Å². The van der Waals surface area contributed by atoms with Crippen molar-refractivity contribution in [3.05, 3.63) is 64.7 Å². The molecule has 16 heavy (non-hydrogen) atoms. The fourth-order valence-corrected chi connectivity index (χ4v) is 1.42. The maximum absolute atomic E-state index is 13.3. The van der Waals surface area contributed by atoms with Crippen LogP contribution in [-0.4, -0.2) is 10.8 Å². The number of pyridine rings is 1. The van der Waals surface area contributed by atoms with E-state index >= 15 is 0 Å². The molecule has 0 aliphatic carbocycles. The van der Waals surface area contributed by atoms with E-state index in [1.807, 2.05) is 0 Å². The standard InChI is InChI=1S/C12H7ClFNO/c13-9-5-3-8(4-6-9)12(16)11-10(14)2-1-7-15-11/h1-7H. The van der Waals surface area contributed by atoms with E-state index in [-0.39, 0.29) is 5.69 Å². The third-order valence-electron chi connectivity index (χ3n) is 2.08. The van der Waals surface area contributed by atoms with Gasteiger partial charge in [-0.1, -0.05) is 11.6 Å². The van der Waals surface area contributed by atoms with E-state index in [1.165, 1.54) is 18.3 Å². The van der Waals surface area contributed by atoms with Crippen molar-refractivity contribution in [1.82, 2.24) is 4.98 Å². The number of ketones is 1. The van der Waals surface area contributed by atoms with Crippen LogP contribution in [0.25, 0.3) is 0 Å². The average Bonchev–Trinajstić information content (AvgIpc) is 2.30. The number of rotatable bonds is 2. The van der Waals surface area contributed by atoms with Gasteiger partial charge in [0.25, 0.3) is 0 Å². The summed E-state index contributed by atoms with van der Waals surface area (Å²) in [4.78, 5) is 15.6. The normalized spacial score (nSPS) is 10.1. The molecular weight excluding hydrogens is 229 g/mol. The summed E-state index contributed by atoms with van der Waals surface area (Å²) in [7, 11) is 0. The van der Waals surface area contributed by atoms with Gasteiger partial charge >= 0.3 is 0 Å². The highest BCUT2D eigenvalue weighted by Gasteiger charge is 2.14. The molecule has 80 valence electrons. The van der Waals surface area contributed by atoms with Crippen LogP contribution in [0.5, 0.6) is 0 Å². The molecule has 0 unspecified atom stereocenters. The molecule has 1 aromatic heterocycles. The fourth-order valence-electron chi connectivity index (χ4n) is 1.29. The maximum atomic E-state index is 13.3. The molecule has 0 aliphatic rings. The van der Waals surface area contributed by atoms with E-state index in [0.717, 1.165) is 0 Å². The Labute approximate surface area is 96.7 Å². The molecule has 0 radical (unpaired) electrons. The first kappa shape index (κ1) is 10.8. The number of carbonyl (C=O) groups is 1. The zero-order valence-corrected chi connectivity index (χ0v) is 8.91. The third kappa shape index (κ3) is 2.09. The predicted molar refractivity (Wildman–Crippen MR) is 59.1 cm³/mol. The van der Waals surface area contributed by atoms with E-state index in [2.05, 4.69) is 4.98 Å². The molecule has 0 saturated heterocycles. The molecule has 0 amide bonds. The number of hydrogen-bond acceptors (Lipinski definition) is 2. The van der Waals surface area contributed by atoms with Crippen LogP contribution in [0.1, 0.15) is 16.1 Å². The molecule has 4 heteroatoms. The lowest BCUT2D eigenvalue weighted by molar-refractivity contribution is 0.103. The van der Waals surface area contributed by atoms with Gasteiger partial charge in [-0.3, -0.25) is 4.79 Å². The van der Waals surface area contributed by atoms with Crippen LogP contribution < -0.4 is 0 Å².